The van der Waals surface area contributed by atoms with E-state index in [0.717, 1.165) is 26.5 Å². The number of rotatable bonds is 4. The number of nitrogens with zero attached hydrogens (tertiary/aromatic N) is 3. The van der Waals surface area contributed by atoms with Crippen LogP contribution in [0.5, 0.6) is 0 Å². The second-order valence-corrected chi connectivity index (χ2v) is 9.75. The molecule has 1 N–H and O–H groups in total. The van der Waals surface area contributed by atoms with Crippen molar-refractivity contribution in [3.8, 4) is 5.69 Å². The number of H-pyrrole nitrogens is 1. The van der Waals surface area contributed by atoms with Gasteiger partial charge in [0.1, 0.15) is 10.7 Å². The zero-order valence-electron chi connectivity index (χ0n) is 17.8. The second kappa shape index (κ2) is 8.03. The largest absolute Gasteiger partial charge is 0.309 e. The molecule has 5 aromatic rings. The van der Waals surface area contributed by atoms with E-state index in [2.05, 4.69) is 9.97 Å². The lowest BCUT2D eigenvalue weighted by Gasteiger charge is -2.15. The van der Waals surface area contributed by atoms with Crippen LogP contribution in [0.4, 0.5) is 0 Å². The Morgan fingerprint density at radius 3 is 2.56 bits per heavy atom. The summed E-state index contributed by atoms with van der Waals surface area (Å²) in [5.41, 5.74) is 3.14. The van der Waals surface area contributed by atoms with Crippen molar-refractivity contribution in [3.63, 3.8) is 0 Å². The van der Waals surface area contributed by atoms with Crippen LogP contribution in [0.15, 0.2) is 63.3 Å². The van der Waals surface area contributed by atoms with E-state index in [-0.39, 0.29) is 11.1 Å². The number of aromatic amines is 1. The Morgan fingerprint density at radius 2 is 1.75 bits per heavy atom. The van der Waals surface area contributed by atoms with Gasteiger partial charge in [-0.25, -0.2) is 9.97 Å². The molecule has 0 aliphatic carbocycles. The number of aryl methyl sites for hydroxylation is 3. The number of thioether (sulfide) groups is 1. The molecule has 0 bridgehead atoms. The number of benzene rings is 2. The first-order chi connectivity index (χ1) is 15.4. The number of hydrogen-bond donors (Lipinski definition) is 1. The maximum atomic E-state index is 13.4. The summed E-state index contributed by atoms with van der Waals surface area (Å²) in [7, 11) is 0. The first-order valence-corrected chi connectivity index (χ1v) is 11.9. The molecule has 6 nitrogen and oxygen atoms in total. The Labute approximate surface area is 192 Å². The lowest BCUT2D eigenvalue weighted by atomic mass is 10.2. The van der Waals surface area contributed by atoms with Crippen molar-refractivity contribution in [1.29, 1.82) is 0 Å². The molecule has 8 heteroatoms. The van der Waals surface area contributed by atoms with Gasteiger partial charge in [-0.1, -0.05) is 42.1 Å². The third-order valence-electron chi connectivity index (χ3n) is 5.53. The molecule has 0 saturated heterocycles. The zero-order valence-corrected chi connectivity index (χ0v) is 19.4. The summed E-state index contributed by atoms with van der Waals surface area (Å²) in [6.07, 6.45) is 0. The molecule has 0 aliphatic heterocycles. The standard InChI is InChI=1S/C24H20N4O2S2/c1-13-8-4-7-11-18(13)28-23(30)16-9-5-6-10-17(16)25-24(28)31-12-19-26-21(29)20-14(2)15(3)32-22(20)27-19/h4-11H,12H2,1-3H3,(H,26,27,29). The monoisotopic (exact) mass is 460 g/mol. The highest BCUT2D eigenvalue weighted by Gasteiger charge is 2.16. The highest BCUT2D eigenvalue weighted by atomic mass is 32.2. The van der Waals surface area contributed by atoms with Crippen LogP contribution in [0.2, 0.25) is 0 Å². The Kier molecular flexibility index (Phi) is 5.19. The quantitative estimate of drug-likeness (QED) is 0.305. The molecular formula is C24H20N4O2S2. The molecule has 2 aromatic carbocycles. The molecule has 3 heterocycles. The minimum absolute atomic E-state index is 0.117. The second-order valence-electron chi connectivity index (χ2n) is 7.60. The van der Waals surface area contributed by atoms with Crippen molar-refractivity contribution in [2.75, 3.05) is 0 Å². The van der Waals surface area contributed by atoms with Gasteiger partial charge < -0.3 is 4.98 Å². The van der Waals surface area contributed by atoms with Crippen LogP contribution in [0.25, 0.3) is 26.8 Å². The van der Waals surface area contributed by atoms with Gasteiger partial charge in [0.2, 0.25) is 0 Å². The molecule has 5 rings (SSSR count). The molecule has 0 saturated carbocycles. The van der Waals surface area contributed by atoms with Crippen LogP contribution < -0.4 is 11.1 Å². The Hall–Kier alpha value is -3.23. The minimum atomic E-state index is -0.129. The SMILES string of the molecule is Cc1ccccc1-n1c(SCc2nc3sc(C)c(C)c3c(=O)[nH]2)nc2ccccc2c1=O. The third-order valence-corrected chi connectivity index (χ3v) is 7.58. The molecule has 0 radical (unpaired) electrons. The van der Waals surface area contributed by atoms with Crippen molar-refractivity contribution in [3.05, 3.63) is 91.1 Å². The van der Waals surface area contributed by atoms with Gasteiger partial charge in [0.15, 0.2) is 5.16 Å². The number of hydrogen-bond acceptors (Lipinski definition) is 6. The van der Waals surface area contributed by atoms with Crippen molar-refractivity contribution in [1.82, 2.24) is 19.5 Å². The van der Waals surface area contributed by atoms with Gasteiger partial charge in [-0.05, 0) is 50.1 Å². The van der Waals surface area contributed by atoms with Crippen LogP contribution in [0.1, 0.15) is 21.8 Å². The molecule has 0 amide bonds. The van der Waals surface area contributed by atoms with Gasteiger partial charge in [0, 0.05) is 4.88 Å². The van der Waals surface area contributed by atoms with E-state index >= 15 is 0 Å². The Bertz CT molecular complexity index is 1610. The van der Waals surface area contributed by atoms with E-state index in [1.54, 1.807) is 10.6 Å². The van der Waals surface area contributed by atoms with Crippen LogP contribution in [-0.2, 0) is 5.75 Å². The van der Waals surface area contributed by atoms with Crippen LogP contribution >= 0.6 is 23.1 Å². The Balaban J connectivity index is 1.62. The summed E-state index contributed by atoms with van der Waals surface area (Å²) in [5.74, 6) is 0.949. The molecule has 0 unspecified atom stereocenters. The summed E-state index contributed by atoms with van der Waals surface area (Å²) in [5, 5.41) is 1.78. The summed E-state index contributed by atoms with van der Waals surface area (Å²) in [4.78, 5) is 40.2. The molecular weight excluding hydrogens is 440 g/mol. The minimum Gasteiger partial charge on any atom is -0.309 e. The highest BCUT2D eigenvalue weighted by Crippen LogP contribution is 2.28. The van der Waals surface area contributed by atoms with Crippen molar-refractivity contribution in [2.45, 2.75) is 31.7 Å². The van der Waals surface area contributed by atoms with E-state index in [0.29, 0.717) is 33.0 Å². The number of aromatic nitrogens is 4. The van der Waals surface area contributed by atoms with Gasteiger partial charge in [0.25, 0.3) is 11.1 Å². The lowest BCUT2D eigenvalue weighted by molar-refractivity contribution is 0.813. The third kappa shape index (κ3) is 3.45. The molecule has 0 atom stereocenters. The average molecular weight is 461 g/mol. The summed E-state index contributed by atoms with van der Waals surface area (Å²) in [6.45, 7) is 5.91. The van der Waals surface area contributed by atoms with E-state index in [4.69, 9.17) is 4.98 Å². The fraction of sp³-hybridized carbons (Fsp3) is 0.167. The molecule has 3 aromatic heterocycles. The van der Waals surface area contributed by atoms with E-state index in [9.17, 15) is 9.59 Å². The number of fused-ring (bicyclic) bond motifs is 2. The molecule has 0 spiro atoms. The number of para-hydroxylation sites is 2. The first-order valence-electron chi connectivity index (χ1n) is 10.1. The summed E-state index contributed by atoms with van der Waals surface area (Å²) >= 11 is 2.91. The topological polar surface area (TPSA) is 80.6 Å². The van der Waals surface area contributed by atoms with Crippen molar-refractivity contribution >= 4 is 44.2 Å². The van der Waals surface area contributed by atoms with Gasteiger partial charge in [-0.15, -0.1) is 11.3 Å². The van der Waals surface area contributed by atoms with Gasteiger partial charge in [-0.2, -0.15) is 0 Å². The maximum Gasteiger partial charge on any atom is 0.266 e. The average Bonchev–Trinajstić information content (AvgIpc) is 3.07. The van der Waals surface area contributed by atoms with Crippen LogP contribution in [0, 0.1) is 20.8 Å². The molecule has 160 valence electrons. The van der Waals surface area contributed by atoms with Crippen LogP contribution in [-0.4, -0.2) is 19.5 Å². The fourth-order valence-electron chi connectivity index (χ4n) is 3.74. The highest BCUT2D eigenvalue weighted by molar-refractivity contribution is 7.98. The lowest BCUT2D eigenvalue weighted by Crippen LogP contribution is -2.22. The zero-order chi connectivity index (χ0) is 22.4. The van der Waals surface area contributed by atoms with Crippen molar-refractivity contribution < 1.29 is 0 Å². The van der Waals surface area contributed by atoms with Crippen molar-refractivity contribution in [2.24, 2.45) is 0 Å². The summed E-state index contributed by atoms with van der Waals surface area (Å²) in [6, 6.07) is 15.1. The predicted molar refractivity (Wildman–Crippen MR) is 131 cm³/mol. The first kappa shape index (κ1) is 20.7. The smallest absolute Gasteiger partial charge is 0.266 e. The maximum absolute atomic E-state index is 13.4. The van der Waals surface area contributed by atoms with Gasteiger partial charge >= 0.3 is 0 Å². The Morgan fingerprint density at radius 1 is 1.00 bits per heavy atom. The van der Waals surface area contributed by atoms with E-state index in [1.807, 2.05) is 63.2 Å². The molecule has 32 heavy (non-hydrogen) atoms. The number of thiophene rings is 1. The molecule has 0 aliphatic rings. The van der Waals surface area contributed by atoms with E-state index < -0.39 is 0 Å². The number of nitrogens with one attached hydrogen (secondary N) is 1. The fourth-order valence-corrected chi connectivity index (χ4v) is 5.66. The van der Waals surface area contributed by atoms with Gasteiger partial charge in [0.05, 0.1) is 27.7 Å². The van der Waals surface area contributed by atoms with E-state index in [1.165, 1.54) is 23.1 Å². The molecule has 0 fully saturated rings. The van der Waals surface area contributed by atoms with Gasteiger partial charge in [-0.3, -0.25) is 14.2 Å². The van der Waals surface area contributed by atoms with Crippen LogP contribution in [0.3, 0.4) is 0 Å². The normalized spacial score (nSPS) is 11.5. The summed E-state index contributed by atoms with van der Waals surface area (Å²) < 4.78 is 1.65. The predicted octanol–water partition coefficient (Wildman–Crippen LogP) is 4.90.